The molecule has 96 valence electrons. The number of carbonyl (C=O) groups excluding carboxylic acids is 1. The summed E-state index contributed by atoms with van der Waals surface area (Å²) in [6.07, 6.45) is 2.14. The second-order valence-corrected chi connectivity index (χ2v) is 4.24. The van der Waals surface area contributed by atoms with Gasteiger partial charge in [-0.2, -0.15) is 10.4 Å². The van der Waals surface area contributed by atoms with Crippen LogP contribution in [0.25, 0.3) is 0 Å². The molecule has 0 aliphatic heterocycles. The first-order valence-corrected chi connectivity index (χ1v) is 5.91. The van der Waals surface area contributed by atoms with Gasteiger partial charge in [0.15, 0.2) is 0 Å². The van der Waals surface area contributed by atoms with Crippen LogP contribution < -0.4 is 5.32 Å². The Morgan fingerprint density at radius 3 is 2.68 bits per heavy atom. The maximum absolute atomic E-state index is 11.7. The van der Waals surface area contributed by atoms with E-state index < -0.39 is 0 Å². The summed E-state index contributed by atoms with van der Waals surface area (Å²) < 4.78 is 1.70. The van der Waals surface area contributed by atoms with Crippen molar-refractivity contribution < 1.29 is 4.79 Å². The van der Waals surface area contributed by atoms with Gasteiger partial charge in [0, 0.05) is 13.2 Å². The smallest absolute Gasteiger partial charge is 0.224 e. The number of nitriles is 1. The van der Waals surface area contributed by atoms with Crippen LogP contribution >= 0.6 is 0 Å². The molecule has 0 aliphatic carbocycles. The summed E-state index contributed by atoms with van der Waals surface area (Å²) in [7, 11) is 1.84. The van der Waals surface area contributed by atoms with Crippen molar-refractivity contribution in [2.24, 2.45) is 7.05 Å². The van der Waals surface area contributed by atoms with Crippen LogP contribution in [0.15, 0.2) is 36.5 Å². The summed E-state index contributed by atoms with van der Waals surface area (Å²) in [4.78, 5) is 11.7. The lowest BCUT2D eigenvalue weighted by Crippen LogP contribution is -2.24. The predicted molar refractivity (Wildman–Crippen MR) is 69.9 cm³/mol. The number of carbonyl (C=O) groups is 1. The average molecular weight is 254 g/mol. The van der Waals surface area contributed by atoms with Gasteiger partial charge in [-0.15, -0.1) is 0 Å². The summed E-state index contributed by atoms with van der Waals surface area (Å²) >= 11 is 0. The van der Waals surface area contributed by atoms with Crippen molar-refractivity contribution in [2.75, 3.05) is 0 Å². The Labute approximate surface area is 111 Å². The van der Waals surface area contributed by atoms with E-state index in [0.717, 1.165) is 11.3 Å². The third-order valence-corrected chi connectivity index (χ3v) is 2.68. The van der Waals surface area contributed by atoms with E-state index in [0.29, 0.717) is 18.5 Å². The molecule has 0 saturated heterocycles. The number of aryl methyl sites for hydroxylation is 1. The first-order chi connectivity index (χ1) is 9.17. The van der Waals surface area contributed by atoms with Crippen molar-refractivity contribution in [1.82, 2.24) is 15.1 Å². The van der Waals surface area contributed by atoms with E-state index in [9.17, 15) is 4.79 Å². The fourth-order valence-corrected chi connectivity index (χ4v) is 1.69. The molecule has 1 aromatic carbocycles. The van der Waals surface area contributed by atoms with Gasteiger partial charge in [-0.25, -0.2) is 0 Å². The number of amides is 1. The Hall–Kier alpha value is -2.61. The van der Waals surface area contributed by atoms with E-state index in [2.05, 4.69) is 10.4 Å². The SMILES string of the molecule is Cn1ccc(CNC(=O)Cc2ccc(C#N)cc2)n1. The van der Waals surface area contributed by atoms with Crippen molar-refractivity contribution in [3.8, 4) is 6.07 Å². The zero-order valence-corrected chi connectivity index (χ0v) is 10.6. The Bertz CT molecular complexity index is 607. The minimum absolute atomic E-state index is 0.0599. The normalized spacial score (nSPS) is 9.89. The van der Waals surface area contributed by atoms with Crippen molar-refractivity contribution in [1.29, 1.82) is 5.26 Å². The van der Waals surface area contributed by atoms with Gasteiger partial charge in [0.05, 0.1) is 30.3 Å². The number of rotatable bonds is 4. The van der Waals surface area contributed by atoms with Crippen LogP contribution in [0, 0.1) is 11.3 Å². The fourth-order valence-electron chi connectivity index (χ4n) is 1.69. The number of benzene rings is 1. The minimum atomic E-state index is -0.0599. The van der Waals surface area contributed by atoms with Crippen LogP contribution in [0.5, 0.6) is 0 Å². The van der Waals surface area contributed by atoms with Crippen LogP contribution in [-0.4, -0.2) is 15.7 Å². The minimum Gasteiger partial charge on any atom is -0.350 e. The average Bonchev–Trinajstić information content (AvgIpc) is 2.83. The molecule has 0 atom stereocenters. The van der Waals surface area contributed by atoms with Gasteiger partial charge in [-0.1, -0.05) is 12.1 Å². The quantitative estimate of drug-likeness (QED) is 0.889. The number of hydrogen-bond donors (Lipinski definition) is 1. The van der Waals surface area contributed by atoms with Crippen LogP contribution in [-0.2, 0) is 24.8 Å². The highest BCUT2D eigenvalue weighted by molar-refractivity contribution is 5.78. The van der Waals surface area contributed by atoms with Crippen molar-refractivity contribution >= 4 is 5.91 Å². The second kappa shape index (κ2) is 5.83. The molecule has 1 heterocycles. The maximum Gasteiger partial charge on any atom is 0.224 e. The van der Waals surface area contributed by atoms with Crippen LogP contribution in [0.4, 0.5) is 0 Å². The number of nitrogens with one attached hydrogen (secondary N) is 1. The Balaban J connectivity index is 1.85. The first kappa shape index (κ1) is 12.8. The molecule has 5 nitrogen and oxygen atoms in total. The van der Waals surface area contributed by atoms with Gasteiger partial charge in [-0.3, -0.25) is 9.48 Å². The van der Waals surface area contributed by atoms with Gasteiger partial charge in [0.2, 0.25) is 5.91 Å². The zero-order valence-electron chi connectivity index (χ0n) is 10.6. The summed E-state index contributed by atoms with van der Waals surface area (Å²) in [5.41, 5.74) is 2.31. The van der Waals surface area contributed by atoms with Gasteiger partial charge in [0.25, 0.3) is 0 Å². The van der Waals surface area contributed by atoms with Crippen LogP contribution in [0.2, 0.25) is 0 Å². The van der Waals surface area contributed by atoms with Gasteiger partial charge >= 0.3 is 0 Å². The second-order valence-electron chi connectivity index (χ2n) is 4.24. The van der Waals surface area contributed by atoms with Crippen molar-refractivity contribution in [3.63, 3.8) is 0 Å². The molecule has 2 rings (SSSR count). The maximum atomic E-state index is 11.7. The molecule has 0 radical (unpaired) electrons. The molecular formula is C14H14N4O. The van der Waals surface area contributed by atoms with E-state index in [1.807, 2.05) is 25.4 Å². The standard InChI is InChI=1S/C14H14N4O/c1-18-7-6-13(17-18)10-16-14(19)8-11-2-4-12(9-15)5-3-11/h2-7H,8,10H2,1H3,(H,16,19). The molecule has 1 N–H and O–H groups in total. The lowest BCUT2D eigenvalue weighted by Gasteiger charge is -2.03. The molecule has 1 aromatic heterocycles. The molecule has 2 aromatic rings. The largest absolute Gasteiger partial charge is 0.350 e. The van der Waals surface area contributed by atoms with E-state index >= 15 is 0 Å². The molecule has 0 bridgehead atoms. The molecule has 0 unspecified atom stereocenters. The molecule has 5 heteroatoms. The highest BCUT2D eigenvalue weighted by Crippen LogP contribution is 2.04. The summed E-state index contributed by atoms with van der Waals surface area (Å²) in [6.45, 7) is 0.427. The van der Waals surface area contributed by atoms with Gasteiger partial charge < -0.3 is 5.32 Å². The molecule has 0 fully saturated rings. The fraction of sp³-hybridized carbons (Fsp3) is 0.214. The van der Waals surface area contributed by atoms with Gasteiger partial charge in [-0.05, 0) is 23.8 Å². The summed E-state index contributed by atoms with van der Waals surface area (Å²) in [6, 6.07) is 10.9. The number of hydrogen-bond acceptors (Lipinski definition) is 3. The van der Waals surface area contributed by atoms with E-state index in [4.69, 9.17) is 5.26 Å². The Morgan fingerprint density at radius 1 is 1.37 bits per heavy atom. The molecule has 19 heavy (non-hydrogen) atoms. The lowest BCUT2D eigenvalue weighted by molar-refractivity contribution is -0.120. The van der Waals surface area contributed by atoms with Crippen molar-refractivity contribution in [2.45, 2.75) is 13.0 Å². The Morgan fingerprint density at radius 2 is 2.11 bits per heavy atom. The zero-order chi connectivity index (χ0) is 13.7. The highest BCUT2D eigenvalue weighted by atomic mass is 16.1. The number of nitrogens with zero attached hydrogens (tertiary/aromatic N) is 3. The molecule has 1 amide bonds. The molecule has 0 saturated carbocycles. The Kier molecular flexibility index (Phi) is 3.94. The number of aromatic nitrogens is 2. The van der Waals surface area contributed by atoms with Crippen LogP contribution in [0.3, 0.4) is 0 Å². The van der Waals surface area contributed by atoms with E-state index in [1.54, 1.807) is 28.9 Å². The molecular weight excluding hydrogens is 240 g/mol. The molecule has 0 aliphatic rings. The topological polar surface area (TPSA) is 70.7 Å². The first-order valence-electron chi connectivity index (χ1n) is 5.91. The van der Waals surface area contributed by atoms with Gasteiger partial charge in [0.1, 0.15) is 0 Å². The van der Waals surface area contributed by atoms with Crippen LogP contribution in [0.1, 0.15) is 16.8 Å². The lowest BCUT2D eigenvalue weighted by atomic mass is 10.1. The highest BCUT2D eigenvalue weighted by Gasteiger charge is 2.04. The van der Waals surface area contributed by atoms with E-state index in [1.165, 1.54) is 0 Å². The summed E-state index contributed by atoms with van der Waals surface area (Å²) in [5.74, 6) is -0.0599. The third-order valence-electron chi connectivity index (χ3n) is 2.68. The van der Waals surface area contributed by atoms with E-state index in [-0.39, 0.29) is 5.91 Å². The summed E-state index contributed by atoms with van der Waals surface area (Å²) in [5, 5.41) is 15.7. The predicted octanol–water partition coefficient (Wildman–Crippen LogP) is 1.15. The monoisotopic (exact) mass is 254 g/mol. The molecule has 0 spiro atoms. The third kappa shape index (κ3) is 3.68. The van der Waals surface area contributed by atoms with Crippen molar-refractivity contribution in [3.05, 3.63) is 53.3 Å².